The lowest BCUT2D eigenvalue weighted by Crippen LogP contribution is -2.48. The topological polar surface area (TPSA) is 98.5 Å². The number of ether oxygens (including phenoxy) is 1. The summed E-state index contributed by atoms with van der Waals surface area (Å²) < 4.78 is 5.65. The van der Waals surface area contributed by atoms with E-state index in [-0.39, 0.29) is 24.2 Å². The fourth-order valence-corrected chi connectivity index (χ4v) is 9.14. The molecule has 3 atom stereocenters. The molecular formula is C21H26N2O5S2. The molecule has 3 fully saturated rings. The van der Waals surface area contributed by atoms with Crippen LogP contribution in [0.1, 0.15) is 37.7 Å². The Balaban J connectivity index is 1.33. The Bertz CT molecular complexity index is 840. The lowest BCUT2D eigenvalue weighted by Gasteiger charge is -2.51. The molecule has 1 aliphatic heterocycles. The minimum atomic E-state index is -0.487. The minimum Gasteiger partial charge on any atom is -0.455 e. The molecule has 162 valence electrons. The highest BCUT2D eigenvalue weighted by Crippen LogP contribution is 2.64. The lowest BCUT2D eigenvalue weighted by molar-refractivity contribution is -0.385. The second kappa shape index (κ2) is 8.78. The number of hydrogen-bond donors (Lipinski definition) is 1. The molecule has 3 aliphatic rings. The molecule has 0 aromatic heterocycles. The van der Waals surface area contributed by atoms with E-state index >= 15 is 0 Å². The van der Waals surface area contributed by atoms with Crippen molar-refractivity contribution in [3.05, 3.63) is 33.9 Å². The van der Waals surface area contributed by atoms with Crippen LogP contribution in [0.25, 0.3) is 0 Å². The molecule has 0 radical (unpaired) electrons. The number of nitrogens with zero attached hydrogens (tertiary/aromatic N) is 1. The van der Waals surface area contributed by atoms with Gasteiger partial charge in [-0.3, -0.25) is 19.7 Å². The van der Waals surface area contributed by atoms with Crippen molar-refractivity contribution in [3.63, 3.8) is 0 Å². The average molecular weight is 451 g/mol. The summed E-state index contributed by atoms with van der Waals surface area (Å²) in [6.07, 6.45) is 5.28. The number of carbonyl (C=O) groups is 2. The summed E-state index contributed by atoms with van der Waals surface area (Å²) >= 11 is 4.19. The van der Waals surface area contributed by atoms with Gasteiger partial charge in [-0.2, -0.15) is 0 Å². The van der Waals surface area contributed by atoms with Crippen molar-refractivity contribution in [2.45, 2.75) is 43.1 Å². The van der Waals surface area contributed by atoms with E-state index in [9.17, 15) is 19.7 Å². The molecule has 1 unspecified atom stereocenters. The molecule has 9 heteroatoms. The molecule has 2 saturated carbocycles. The number of benzene rings is 1. The smallest absolute Gasteiger partial charge is 0.309 e. The monoisotopic (exact) mass is 450 g/mol. The quantitative estimate of drug-likeness (QED) is 0.403. The third-order valence-electron chi connectivity index (χ3n) is 6.57. The summed E-state index contributed by atoms with van der Waals surface area (Å²) in [6.45, 7) is 1.21. The van der Waals surface area contributed by atoms with Gasteiger partial charge in [0.1, 0.15) is 0 Å². The van der Waals surface area contributed by atoms with Gasteiger partial charge in [-0.05, 0) is 50.5 Å². The Morgan fingerprint density at radius 1 is 1.23 bits per heavy atom. The van der Waals surface area contributed by atoms with Crippen molar-refractivity contribution in [2.24, 2.45) is 17.8 Å². The van der Waals surface area contributed by atoms with Crippen molar-refractivity contribution in [3.8, 4) is 0 Å². The summed E-state index contributed by atoms with van der Waals surface area (Å²) in [5.41, 5.74) is 0.670. The van der Waals surface area contributed by atoms with Gasteiger partial charge in [-0.25, -0.2) is 0 Å². The van der Waals surface area contributed by atoms with Crippen LogP contribution in [-0.4, -0.2) is 39.0 Å². The number of hydrogen-bond acceptors (Lipinski definition) is 7. The minimum absolute atomic E-state index is 0.0601. The lowest BCUT2D eigenvalue weighted by atomic mass is 9.67. The first-order valence-electron chi connectivity index (χ1n) is 10.4. The van der Waals surface area contributed by atoms with Gasteiger partial charge in [-0.1, -0.05) is 12.5 Å². The Morgan fingerprint density at radius 2 is 1.90 bits per heavy atom. The first-order chi connectivity index (χ1) is 14.4. The molecule has 1 N–H and O–H groups in total. The Kier molecular flexibility index (Phi) is 6.29. The largest absolute Gasteiger partial charge is 0.455 e. The molecule has 7 nitrogen and oxygen atoms in total. The summed E-state index contributed by atoms with van der Waals surface area (Å²) in [6, 6.07) is 4.50. The number of nitrogens with one attached hydrogen (secondary N) is 1. The number of carbonyl (C=O) groups excluding carboxylic acids is 2. The van der Waals surface area contributed by atoms with Crippen molar-refractivity contribution in [2.75, 3.05) is 23.4 Å². The normalized spacial score (nSPS) is 26.9. The van der Waals surface area contributed by atoms with E-state index in [1.165, 1.54) is 42.9 Å². The summed E-state index contributed by atoms with van der Waals surface area (Å²) in [4.78, 5) is 35.5. The first kappa shape index (κ1) is 21.5. The van der Waals surface area contributed by atoms with E-state index in [4.69, 9.17) is 4.74 Å². The molecule has 30 heavy (non-hydrogen) atoms. The fraction of sp³-hybridized carbons (Fsp3) is 0.619. The highest BCUT2D eigenvalue weighted by atomic mass is 32.2. The van der Waals surface area contributed by atoms with Gasteiger partial charge in [0.05, 0.1) is 26.2 Å². The molecule has 1 aromatic carbocycles. The van der Waals surface area contributed by atoms with E-state index in [1.54, 1.807) is 13.0 Å². The zero-order valence-electron chi connectivity index (χ0n) is 16.9. The second-order valence-corrected chi connectivity index (χ2v) is 11.3. The maximum atomic E-state index is 12.7. The Hall–Kier alpha value is -1.74. The van der Waals surface area contributed by atoms with E-state index in [0.717, 1.165) is 12.8 Å². The predicted molar refractivity (Wildman–Crippen MR) is 119 cm³/mol. The summed E-state index contributed by atoms with van der Waals surface area (Å²) in [7, 11) is 0. The van der Waals surface area contributed by atoms with Crippen LogP contribution in [-0.2, 0) is 14.3 Å². The number of esters is 1. The van der Waals surface area contributed by atoms with Gasteiger partial charge >= 0.3 is 5.97 Å². The molecule has 2 aliphatic carbocycles. The predicted octanol–water partition coefficient (Wildman–Crippen LogP) is 4.39. The maximum absolute atomic E-state index is 12.7. The standard InChI is InChI=1S/C21H26N2O5S2/c1-13-17(6-3-7-18(13)23(26)27)22-19(24)12-28-20(25)14-10-15-4-2-5-16(11-14)21(15)29-8-9-30-21/h3,6-7,14-16H,2,4-5,8-12H2,1H3,(H,22,24)/t14?,15-,16+. The van der Waals surface area contributed by atoms with Crippen LogP contribution < -0.4 is 5.32 Å². The van der Waals surface area contributed by atoms with Gasteiger partial charge in [-0.15, -0.1) is 23.5 Å². The summed E-state index contributed by atoms with van der Waals surface area (Å²) in [5.74, 6) is 2.57. The van der Waals surface area contributed by atoms with E-state index < -0.39 is 10.8 Å². The highest BCUT2D eigenvalue weighted by Gasteiger charge is 2.55. The van der Waals surface area contributed by atoms with Crippen molar-refractivity contribution in [1.29, 1.82) is 0 Å². The van der Waals surface area contributed by atoms with Gasteiger partial charge in [0.25, 0.3) is 11.6 Å². The van der Waals surface area contributed by atoms with E-state index in [1.807, 2.05) is 0 Å². The van der Waals surface area contributed by atoms with Crippen molar-refractivity contribution >= 4 is 46.8 Å². The molecule has 1 aromatic rings. The number of nitro benzene ring substituents is 1. The zero-order valence-corrected chi connectivity index (χ0v) is 18.6. The Labute approximate surface area is 184 Å². The van der Waals surface area contributed by atoms with E-state index in [0.29, 0.717) is 27.2 Å². The fourth-order valence-electron chi connectivity index (χ4n) is 5.20. The maximum Gasteiger partial charge on any atom is 0.309 e. The second-order valence-electron chi connectivity index (χ2n) is 8.27. The molecule has 1 heterocycles. The molecule has 1 spiro atoms. The third kappa shape index (κ3) is 4.06. The van der Waals surface area contributed by atoms with Gasteiger partial charge in [0, 0.05) is 17.6 Å². The van der Waals surface area contributed by atoms with Crippen LogP contribution in [0.2, 0.25) is 0 Å². The highest BCUT2D eigenvalue weighted by molar-refractivity contribution is 8.21. The Morgan fingerprint density at radius 3 is 2.53 bits per heavy atom. The van der Waals surface area contributed by atoms with Crippen LogP contribution in [0.4, 0.5) is 11.4 Å². The van der Waals surface area contributed by atoms with Crippen LogP contribution in [0.5, 0.6) is 0 Å². The summed E-state index contributed by atoms with van der Waals surface area (Å²) in [5, 5.41) is 13.7. The van der Waals surface area contributed by atoms with Gasteiger partial charge < -0.3 is 10.1 Å². The molecule has 4 rings (SSSR count). The van der Waals surface area contributed by atoms with Gasteiger partial charge in [0.2, 0.25) is 0 Å². The van der Waals surface area contributed by atoms with Crippen LogP contribution in [0.15, 0.2) is 18.2 Å². The number of anilines is 1. The molecular weight excluding hydrogens is 424 g/mol. The number of rotatable bonds is 5. The van der Waals surface area contributed by atoms with Crippen LogP contribution >= 0.6 is 23.5 Å². The van der Waals surface area contributed by atoms with Crippen molar-refractivity contribution in [1.82, 2.24) is 0 Å². The zero-order chi connectivity index (χ0) is 21.3. The molecule has 1 amide bonds. The van der Waals surface area contributed by atoms with Crippen LogP contribution in [0, 0.1) is 34.8 Å². The SMILES string of the molecule is Cc1c(NC(=O)COC(=O)C2C[C@H]3CCC[C@@H](C2)C32SCCS2)cccc1[N+](=O)[O-]. The molecule has 2 bridgehead atoms. The third-order valence-corrected chi connectivity index (χ3v) is 10.6. The molecule has 1 saturated heterocycles. The van der Waals surface area contributed by atoms with Crippen LogP contribution in [0.3, 0.4) is 0 Å². The number of nitro groups is 1. The number of thioether (sulfide) groups is 2. The first-order valence-corrected chi connectivity index (χ1v) is 12.4. The van der Waals surface area contributed by atoms with Gasteiger partial charge in [0.15, 0.2) is 6.61 Å². The average Bonchev–Trinajstić information content (AvgIpc) is 3.17. The van der Waals surface area contributed by atoms with Crippen molar-refractivity contribution < 1.29 is 19.2 Å². The van der Waals surface area contributed by atoms with E-state index in [2.05, 4.69) is 28.8 Å². The number of amides is 1.